The van der Waals surface area contributed by atoms with Gasteiger partial charge in [0.1, 0.15) is 81.6 Å². The number of amides is 8. The number of nitriles is 1. The largest absolute Gasteiger partial charge is 0.697 e. The second-order valence-corrected chi connectivity index (χ2v) is 30.5. The van der Waals surface area contributed by atoms with Gasteiger partial charge in [-0.25, -0.2) is 0 Å². The van der Waals surface area contributed by atoms with E-state index in [0.29, 0.717) is 13.2 Å². The third-order valence-electron chi connectivity index (χ3n) is 18.2. The zero-order valence-electron chi connectivity index (χ0n) is 78.4. The minimum Gasteiger partial charge on any atom is -0.463 e. The molecule has 8 N–H and O–H groups in total. The van der Waals surface area contributed by atoms with Gasteiger partial charge in [0.05, 0.1) is 151 Å². The number of esters is 9. The standard InChI is InChI=1S/C82H130N9O44P/c1-49(92)87-69-75(130-58(10)101)72(127-55(7)98)63(46-122-52(4)95)133-80(69)119-42-38-111-25-20-84-66(104)16-14-61(78(107)85-21-26-112-39-43-120-81-70(88-50(2)93)76(131-59(11)102)73(128-56(8)99)64(134-81)47-123-53(5)96)90-67(105)17-15-62(91-68(106)18-24-110-28-29-114-30-31-115-32-33-116-34-35-117-36-37-118-41-45-126-136(109)125-23-13-19-83)79(108)86-22-27-113-40-44-121-82-71(89-51(3)94)77(132-60(12)103)74(129-57(9)100)65(135-82)48-124-54(6)97/h61-65,69-77,80-82H,13-18,20-48H2,1-12H3,(H7-,84,85,86,87,88,89,90,91,92,93,94,104,105,106,107,108)/p+1/t61-,62-,63?,64?,65?,69?,70?,71?,72?,73?,74?,75?,76?,77?,80?,81?,82?/m0/s1. The summed E-state index contributed by atoms with van der Waals surface area (Å²) in [6, 6.07) is -4.91. The van der Waals surface area contributed by atoms with E-state index in [2.05, 4.69) is 42.5 Å². The molecule has 0 aromatic heterocycles. The highest BCUT2D eigenvalue weighted by Crippen LogP contribution is 2.32. The van der Waals surface area contributed by atoms with Crippen LogP contribution in [0.4, 0.5) is 0 Å². The van der Waals surface area contributed by atoms with E-state index in [1.807, 2.05) is 6.07 Å². The van der Waals surface area contributed by atoms with Gasteiger partial charge in [0.25, 0.3) is 0 Å². The van der Waals surface area contributed by atoms with E-state index in [9.17, 15) is 86.1 Å². The van der Waals surface area contributed by atoms with Gasteiger partial charge in [-0.05, 0) is 12.8 Å². The summed E-state index contributed by atoms with van der Waals surface area (Å²) in [5, 5.41) is 29.3. The molecule has 3 fully saturated rings. The Labute approximate surface area is 786 Å². The van der Waals surface area contributed by atoms with E-state index < -0.39 is 252 Å². The van der Waals surface area contributed by atoms with Gasteiger partial charge in [-0.2, -0.15) is 5.26 Å². The van der Waals surface area contributed by atoms with Crippen molar-refractivity contribution in [2.75, 3.05) is 191 Å². The van der Waals surface area contributed by atoms with E-state index in [0.717, 1.165) is 83.1 Å². The van der Waals surface area contributed by atoms with Gasteiger partial charge in [0.2, 0.25) is 47.3 Å². The highest BCUT2D eigenvalue weighted by atomic mass is 31.1. The third-order valence-corrected chi connectivity index (χ3v) is 19.0. The van der Waals surface area contributed by atoms with Crippen LogP contribution in [0.1, 0.15) is 122 Å². The summed E-state index contributed by atoms with van der Waals surface area (Å²) in [5.74, 6) is -12.8. The lowest BCUT2D eigenvalue weighted by Crippen LogP contribution is -2.66. The predicted molar refractivity (Wildman–Crippen MR) is 453 cm³/mol. The smallest absolute Gasteiger partial charge is 0.463 e. The Morgan fingerprint density at radius 2 is 0.574 bits per heavy atom. The Morgan fingerprint density at radius 3 is 0.875 bits per heavy atom. The van der Waals surface area contributed by atoms with Crippen LogP contribution >= 0.6 is 8.25 Å². The van der Waals surface area contributed by atoms with Crippen LogP contribution < -0.4 is 42.5 Å². The summed E-state index contributed by atoms with van der Waals surface area (Å²) < 4.78 is 155. The van der Waals surface area contributed by atoms with Crippen LogP contribution in [0, 0.1) is 11.3 Å². The molecule has 0 saturated carbocycles. The zero-order valence-corrected chi connectivity index (χ0v) is 79.3. The maximum atomic E-state index is 14.1. The Morgan fingerprint density at radius 1 is 0.309 bits per heavy atom. The van der Waals surface area contributed by atoms with E-state index in [4.69, 9.17) is 128 Å². The fraction of sp³-hybridized carbons (Fsp3) is 0.780. The minimum absolute atomic E-state index is 0.00185. The molecule has 3 saturated heterocycles. The Balaban J connectivity index is 1.78. The quantitative estimate of drug-likeness (QED) is 0.0125. The van der Waals surface area contributed by atoms with E-state index in [1.54, 1.807) is 0 Å². The molecule has 3 aliphatic rings. The molecule has 0 radical (unpaired) electrons. The summed E-state index contributed by atoms with van der Waals surface area (Å²) in [5.41, 5.74) is 0. The highest BCUT2D eigenvalue weighted by Gasteiger charge is 2.55. The summed E-state index contributed by atoms with van der Waals surface area (Å²) in [6.45, 7) is 11.5. The minimum atomic E-state index is -2.33. The van der Waals surface area contributed by atoms with Crippen LogP contribution in [-0.4, -0.2) is 396 Å². The zero-order chi connectivity index (χ0) is 101. The maximum absolute atomic E-state index is 14.1. The lowest BCUT2D eigenvalue weighted by Gasteiger charge is -2.44. The van der Waals surface area contributed by atoms with Crippen molar-refractivity contribution in [3.8, 4) is 6.07 Å². The summed E-state index contributed by atoms with van der Waals surface area (Å²) in [7, 11) is -2.33. The number of ether oxygens (including phenoxy) is 24. The number of hydrogen-bond acceptors (Lipinski definition) is 45. The molecule has 0 bridgehead atoms. The highest BCUT2D eigenvalue weighted by molar-refractivity contribution is 7.33. The second-order valence-electron chi connectivity index (χ2n) is 29.6. The first-order chi connectivity index (χ1) is 64.9. The average molecular weight is 1980 g/mol. The van der Waals surface area contributed by atoms with Crippen LogP contribution in [0.3, 0.4) is 0 Å². The molecule has 54 heteroatoms. The fourth-order valence-corrected chi connectivity index (χ4v) is 13.3. The molecule has 0 aliphatic carbocycles. The second kappa shape index (κ2) is 70.5. The van der Waals surface area contributed by atoms with Gasteiger partial charge in [0, 0.05) is 127 Å². The van der Waals surface area contributed by atoms with Crippen molar-refractivity contribution >= 4 is 109 Å². The average Bonchev–Trinajstić information content (AvgIpc) is 0.794. The number of nitrogens with zero attached hydrogens (tertiary/aromatic N) is 1. The number of carbonyl (C=O) groups excluding carboxylic acids is 17. The molecule has 3 aliphatic heterocycles. The molecular formula is C82H131N9O44P+. The topological polar surface area (TPSA) is 667 Å². The number of nitrogens with one attached hydrogen (secondary N) is 8. The van der Waals surface area contributed by atoms with Crippen molar-refractivity contribution < 1.29 is 209 Å². The Bertz CT molecular complexity index is 3780. The predicted octanol–water partition coefficient (Wildman–Crippen LogP) is -3.97. The summed E-state index contributed by atoms with van der Waals surface area (Å²) >= 11 is 0. The van der Waals surface area contributed by atoms with Crippen molar-refractivity contribution in [2.24, 2.45) is 0 Å². The SMILES string of the molecule is CC(=O)NC1C(OCCOCCNC(=O)CC[C@H](NC(=O)CC[C@H](NC(=O)CCOCCOCCOCCOCCOCCOCCO[P+](=O)OCCC#N)C(=O)NCCOCCOC2OC(COC(C)=O)C(OC(C)=O)C(OC(C)=O)C2NC(C)=O)C(=O)NCCOCCOC2OC(COC(C)=O)C(OC(C)=O)C(OC(C)=O)C2NC(C)=O)OC(COC(C)=O)C(OC(C)=O)C1OC(C)=O. The van der Waals surface area contributed by atoms with Crippen molar-refractivity contribution in [3.05, 3.63) is 0 Å². The van der Waals surface area contributed by atoms with Crippen LogP contribution in [-0.2, 0) is 209 Å². The molecule has 136 heavy (non-hydrogen) atoms. The molecule has 772 valence electrons. The first-order valence-electron chi connectivity index (χ1n) is 43.7. The number of hydrogen-bond donors (Lipinski definition) is 8. The third kappa shape index (κ3) is 54.2. The van der Waals surface area contributed by atoms with Crippen LogP contribution in [0.25, 0.3) is 0 Å². The fourth-order valence-electron chi connectivity index (χ4n) is 12.7. The molecule has 53 nitrogen and oxygen atoms in total. The molecule has 18 atom stereocenters. The van der Waals surface area contributed by atoms with E-state index in [1.165, 1.54) is 0 Å². The van der Waals surface area contributed by atoms with Gasteiger partial charge in [-0.1, -0.05) is 0 Å². The van der Waals surface area contributed by atoms with E-state index >= 15 is 0 Å². The molecule has 0 aromatic rings. The van der Waals surface area contributed by atoms with Gasteiger partial charge in [-0.3, -0.25) is 81.5 Å². The molecule has 3 heterocycles. The molecular weight excluding hydrogens is 1850 g/mol. The monoisotopic (exact) mass is 1980 g/mol. The van der Waals surface area contributed by atoms with Crippen molar-refractivity contribution in [1.82, 2.24) is 42.5 Å². The van der Waals surface area contributed by atoms with Gasteiger partial charge in [0.15, 0.2) is 55.5 Å². The van der Waals surface area contributed by atoms with Gasteiger partial charge in [-0.15, -0.1) is 9.05 Å². The van der Waals surface area contributed by atoms with E-state index in [-0.39, 0.29) is 178 Å². The normalized spacial score (nSPS) is 21.6. The number of carbonyl (C=O) groups is 17. The van der Waals surface area contributed by atoms with Crippen molar-refractivity contribution in [3.63, 3.8) is 0 Å². The maximum Gasteiger partial charge on any atom is 0.697 e. The Hall–Kier alpha value is -10.1. The molecule has 0 spiro atoms. The summed E-state index contributed by atoms with van der Waals surface area (Å²) in [6.07, 6.45) is -18.4. The van der Waals surface area contributed by atoms with Crippen molar-refractivity contribution in [2.45, 2.75) is 226 Å². The van der Waals surface area contributed by atoms with Crippen molar-refractivity contribution in [1.29, 1.82) is 5.26 Å². The molecule has 16 unspecified atom stereocenters. The van der Waals surface area contributed by atoms with Crippen LogP contribution in [0.5, 0.6) is 0 Å². The van der Waals surface area contributed by atoms with Crippen LogP contribution in [0.15, 0.2) is 0 Å². The van der Waals surface area contributed by atoms with Crippen LogP contribution in [0.2, 0.25) is 0 Å². The number of rotatable bonds is 71. The lowest BCUT2D eigenvalue weighted by atomic mass is 9.96. The molecule has 8 amide bonds. The molecule has 0 aromatic carbocycles. The first kappa shape index (κ1) is 120. The first-order valence-corrected chi connectivity index (χ1v) is 44.8. The van der Waals surface area contributed by atoms with Gasteiger partial charge < -0.3 is 156 Å². The Kier molecular flexibility index (Phi) is 62.2. The molecule has 3 rings (SSSR count). The van der Waals surface area contributed by atoms with Gasteiger partial charge >= 0.3 is 62.0 Å². The summed E-state index contributed by atoms with van der Waals surface area (Å²) in [4.78, 5) is 216. The lowest BCUT2D eigenvalue weighted by molar-refractivity contribution is -0.279.